The van der Waals surface area contributed by atoms with Gasteiger partial charge in [-0.25, -0.2) is 13.1 Å². The smallest absolute Gasteiger partial charge is 0.270 e. The van der Waals surface area contributed by atoms with Crippen LogP contribution >= 0.6 is 11.3 Å². The van der Waals surface area contributed by atoms with Gasteiger partial charge in [-0.3, -0.25) is 9.59 Å². The molecule has 0 unspecified atom stereocenters. The van der Waals surface area contributed by atoms with E-state index in [0.717, 1.165) is 28.9 Å². The van der Waals surface area contributed by atoms with Crippen LogP contribution in [-0.2, 0) is 32.7 Å². The molecule has 0 saturated carbocycles. The lowest BCUT2D eigenvalue weighted by molar-refractivity contribution is -0.128. The van der Waals surface area contributed by atoms with E-state index in [-0.39, 0.29) is 33.7 Å². The number of sulfonamides is 1. The van der Waals surface area contributed by atoms with Crippen LogP contribution in [0.3, 0.4) is 0 Å². The Morgan fingerprint density at radius 2 is 1.97 bits per heavy atom. The molecule has 0 radical (unpaired) electrons. The van der Waals surface area contributed by atoms with Gasteiger partial charge in [0.2, 0.25) is 21.3 Å². The largest absolute Gasteiger partial charge is 0.338 e. The molecule has 29 heavy (non-hydrogen) atoms. The Bertz CT molecular complexity index is 1000. The molecule has 0 aliphatic carbocycles. The number of benzene rings is 1. The zero-order valence-corrected chi connectivity index (χ0v) is 17.8. The number of carbonyl (C=O) groups excluding carboxylic acids is 2. The van der Waals surface area contributed by atoms with E-state index < -0.39 is 10.0 Å². The zero-order valence-electron chi connectivity index (χ0n) is 16.2. The van der Waals surface area contributed by atoms with Crippen LogP contribution in [-0.4, -0.2) is 41.9 Å². The van der Waals surface area contributed by atoms with E-state index in [2.05, 4.69) is 20.2 Å². The van der Waals surface area contributed by atoms with Crippen LogP contribution in [0, 0.1) is 5.92 Å². The van der Waals surface area contributed by atoms with Gasteiger partial charge in [0, 0.05) is 32.0 Å². The summed E-state index contributed by atoms with van der Waals surface area (Å²) >= 11 is 0.794. The Morgan fingerprint density at radius 1 is 1.24 bits per heavy atom. The monoisotopic (exact) mass is 437 g/mol. The lowest BCUT2D eigenvalue weighted by Gasteiger charge is -2.18. The van der Waals surface area contributed by atoms with Gasteiger partial charge in [-0.15, -0.1) is 10.2 Å². The molecule has 1 aliphatic heterocycles. The van der Waals surface area contributed by atoms with E-state index in [1.165, 1.54) is 0 Å². The molecule has 2 aromatic rings. The second-order valence-electron chi connectivity index (χ2n) is 7.03. The molecule has 156 valence electrons. The Balaban J connectivity index is 1.67. The highest BCUT2D eigenvalue weighted by Gasteiger charge is 2.23. The normalized spacial score (nSPS) is 14.6. The summed E-state index contributed by atoms with van der Waals surface area (Å²) in [5, 5.41) is 10.1. The minimum absolute atomic E-state index is 0.0633. The summed E-state index contributed by atoms with van der Waals surface area (Å²) < 4.78 is 27.4. The Morgan fingerprint density at radius 3 is 2.62 bits per heavy atom. The lowest BCUT2D eigenvalue weighted by atomic mass is 10.1. The Labute approximate surface area is 173 Å². The fourth-order valence-electron chi connectivity index (χ4n) is 2.81. The quantitative estimate of drug-likeness (QED) is 0.607. The number of nitrogens with zero attached hydrogens (tertiary/aromatic N) is 3. The first-order valence-electron chi connectivity index (χ1n) is 9.25. The van der Waals surface area contributed by atoms with E-state index in [0.29, 0.717) is 19.5 Å². The molecule has 2 N–H and O–H groups in total. The van der Waals surface area contributed by atoms with Gasteiger partial charge in [-0.1, -0.05) is 49.4 Å². The summed E-state index contributed by atoms with van der Waals surface area (Å²) in [5.41, 5.74) is 1.68. The number of hydrogen-bond donors (Lipinski definition) is 2. The number of aromatic nitrogens is 2. The van der Waals surface area contributed by atoms with Crippen molar-refractivity contribution < 1.29 is 18.0 Å². The van der Waals surface area contributed by atoms with Crippen molar-refractivity contribution in [3.05, 3.63) is 35.4 Å². The maximum Gasteiger partial charge on any atom is 0.270 e. The summed E-state index contributed by atoms with van der Waals surface area (Å²) in [6.45, 7) is 4.69. The molecule has 3 rings (SSSR count). The van der Waals surface area contributed by atoms with Crippen LogP contribution in [0.4, 0.5) is 5.13 Å². The zero-order chi connectivity index (χ0) is 21.0. The molecular weight excluding hydrogens is 414 g/mol. The van der Waals surface area contributed by atoms with Crippen molar-refractivity contribution in [3.8, 4) is 0 Å². The van der Waals surface area contributed by atoms with Gasteiger partial charge in [0.15, 0.2) is 0 Å². The molecule has 1 aromatic heterocycles. The van der Waals surface area contributed by atoms with Crippen LogP contribution in [0.1, 0.15) is 37.8 Å². The molecule has 1 aromatic carbocycles. The molecule has 0 bridgehead atoms. The predicted molar refractivity (Wildman–Crippen MR) is 108 cm³/mol. The van der Waals surface area contributed by atoms with E-state index in [4.69, 9.17) is 0 Å². The third-order valence-corrected chi connectivity index (χ3v) is 7.10. The molecule has 1 aliphatic rings. The van der Waals surface area contributed by atoms with Gasteiger partial charge in [-0.05, 0) is 17.5 Å². The fourth-order valence-corrected chi connectivity index (χ4v) is 4.76. The minimum Gasteiger partial charge on any atom is -0.338 e. The molecule has 1 saturated heterocycles. The molecule has 1 fully saturated rings. The standard InChI is InChI=1S/C18H23N5O4S2/c1-12(2)16(25)20-17-21-22-18(28-17)29(26,27)19-10-13-6-3-4-7-14(13)11-23-9-5-8-15(23)24/h3-4,6-7,12,19H,5,8-11H2,1-2H3,(H,20,21,25). The molecular formula is C18H23N5O4S2. The molecule has 2 heterocycles. The Kier molecular flexibility index (Phi) is 6.60. The first-order chi connectivity index (χ1) is 13.8. The molecule has 9 nitrogen and oxygen atoms in total. The molecule has 11 heteroatoms. The molecule has 2 amide bonds. The lowest BCUT2D eigenvalue weighted by Crippen LogP contribution is -2.27. The average Bonchev–Trinajstić information content (AvgIpc) is 3.31. The van der Waals surface area contributed by atoms with Gasteiger partial charge >= 0.3 is 0 Å². The van der Waals surface area contributed by atoms with Crippen molar-refractivity contribution in [1.29, 1.82) is 0 Å². The third-order valence-electron chi connectivity index (χ3n) is 4.49. The van der Waals surface area contributed by atoms with Crippen molar-refractivity contribution in [3.63, 3.8) is 0 Å². The Hall–Kier alpha value is -2.37. The van der Waals surface area contributed by atoms with Gasteiger partial charge in [0.25, 0.3) is 10.0 Å². The van der Waals surface area contributed by atoms with Crippen molar-refractivity contribution >= 4 is 38.3 Å². The number of rotatable bonds is 8. The van der Waals surface area contributed by atoms with E-state index >= 15 is 0 Å². The number of likely N-dealkylation sites (tertiary alicyclic amines) is 1. The van der Waals surface area contributed by atoms with E-state index in [1.54, 1.807) is 18.7 Å². The maximum absolute atomic E-state index is 12.6. The summed E-state index contributed by atoms with van der Waals surface area (Å²) in [5.74, 6) is -0.398. The number of anilines is 1. The van der Waals surface area contributed by atoms with Crippen molar-refractivity contribution in [2.75, 3.05) is 11.9 Å². The number of amides is 2. The minimum atomic E-state index is -3.89. The molecule has 0 spiro atoms. The van der Waals surface area contributed by atoms with Gasteiger partial charge in [-0.2, -0.15) is 0 Å². The number of hydrogen-bond acceptors (Lipinski definition) is 7. The van der Waals surface area contributed by atoms with E-state index in [1.807, 2.05) is 24.3 Å². The summed E-state index contributed by atoms with van der Waals surface area (Å²) in [4.78, 5) is 25.4. The van der Waals surface area contributed by atoms with E-state index in [9.17, 15) is 18.0 Å². The number of nitrogens with one attached hydrogen (secondary N) is 2. The van der Waals surface area contributed by atoms with Crippen molar-refractivity contribution in [1.82, 2.24) is 19.8 Å². The molecule has 0 atom stereocenters. The van der Waals surface area contributed by atoms with Crippen molar-refractivity contribution in [2.24, 2.45) is 5.92 Å². The SMILES string of the molecule is CC(C)C(=O)Nc1nnc(S(=O)(=O)NCc2ccccc2CN2CCCC2=O)s1. The summed E-state index contributed by atoms with van der Waals surface area (Å²) in [7, 11) is -3.89. The first kappa shape index (κ1) is 21.3. The highest BCUT2D eigenvalue weighted by atomic mass is 32.2. The van der Waals surface area contributed by atoms with Crippen molar-refractivity contribution in [2.45, 2.75) is 44.1 Å². The van der Waals surface area contributed by atoms with Crippen LogP contribution in [0.5, 0.6) is 0 Å². The second-order valence-corrected chi connectivity index (χ2v) is 9.95. The van der Waals surface area contributed by atoms with Gasteiger partial charge in [0.05, 0.1) is 0 Å². The van der Waals surface area contributed by atoms with Gasteiger partial charge in [0.1, 0.15) is 0 Å². The average molecular weight is 438 g/mol. The maximum atomic E-state index is 12.6. The van der Waals surface area contributed by atoms with Crippen LogP contribution in [0.2, 0.25) is 0 Å². The van der Waals surface area contributed by atoms with Crippen LogP contribution in [0.15, 0.2) is 28.6 Å². The summed E-state index contributed by atoms with van der Waals surface area (Å²) in [6, 6.07) is 7.40. The highest BCUT2D eigenvalue weighted by Crippen LogP contribution is 2.21. The third kappa shape index (κ3) is 5.37. The van der Waals surface area contributed by atoms with Gasteiger partial charge < -0.3 is 10.2 Å². The highest BCUT2D eigenvalue weighted by molar-refractivity contribution is 7.91. The van der Waals surface area contributed by atoms with Crippen LogP contribution in [0.25, 0.3) is 0 Å². The second kappa shape index (κ2) is 8.97. The topological polar surface area (TPSA) is 121 Å². The first-order valence-corrected chi connectivity index (χ1v) is 11.5. The number of carbonyl (C=O) groups is 2. The summed E-state index contributed by atoms with van der Waals surface area (Å²) in [6.07, 6.45) is 1.40. The fraction of sp³-hybridized carbons (Fsp3) is 0.444. The predicted octanol–water partition coefficient (Wildman–Crippen LogP) is 1.73. The van der Waals surface area contributed by atoms with Crippen LogP contribution < -0.4 is 10.0 Å².